The second-order valence-electron chi connectivity index (χ2n) is 7.00. The van der Waals surface area contributed by atoms with Gasteiger partial charge in [0.2, 0.25) is 5.91 Å². The Bertz CT molecular complexity index is 651. The minimum absolute atomic E-state index is 0.0595. The van der Waals surface area contributed by atoms with E-state index >= 15 is 0 Å². The van der Waals surface area contributed by atoms with Gasteiger partial charge in [-0.1, -0.05) is 24.6 Å². The maximum atomic E-state index is 12.3. The van der Waals surface area contributed by atoms with Gasteiger partial charge in [-0.15, -0.1) is 0 Å². The zero-order valence-corrected chi connectivity index (χ0v) is 14.3. The summed E-state index contributed by atoms with van der Waals surface area (Å²) >= 11 is 0. The van der Waals surface area contributed by atoms with Crippen LogP contribution in [0.3, 0.4) is 0 Å². The van der Waals surface area contributed by atoms with E-state index in [0.717, 1.165) is 19.3 Å². The number of anilines is 1. The molecule has 1 saturated carbocycles. The van der Waals surface area contributed by atoms with Crippen molar-refractivity contribution in [3.63, 3.8) is 0 Å². The quantitative estimate of drug-likeness (QED) is 0.779. The molecule has 2 aliphatic carbocycles. The van der Waals surface area contributed by atoms with Crippen molar-refractivity contribution < 1.29 is 9.59 Å². The standard InChI is InChI=1S/C20H26N2O2/c1-14-12-18(14)20(24)22-17-9-5-8-16(13-17)19(23)21-11-10-15-6-3-2-4-7-15/h5-6,8-9,13-14,18H,2-4,7,10-12H2,1H3,(H,21,23)(H,22,24). The summed E-state index contributed by atoms with van der Waals surface area (Å²) < 4.78 is 0. The van der Waals surface area contributed by atoms with Crippen LogP contribution in [0.5, 0.6) is 0 Å². The number of amides is 2. The number of hydrogen-bond acceptors (Lipinski definition) is 2. The Labute approximate surface area is 143 Å². The highest BCUT2D eigenvalue weighted by Crippen LogP contribution is 2.38. The third-order valence-electron chi connectivity index (χ3n) is 4.96. The molecule has 4 nitrogen and oxygen atoms in total. The lowest BCUT2D eigenvalue weighted by Gasteiger charge is -2.13. The van der Waals surface area contributed by atoms with E-state index < -0.39 is 0 Å². The molecule has 0 aromatic heterocycles. The second kappa shape index (κ2) is 7.65. The first-order chi connectivity index (χ1) is 11.6. The Morgan fingerprint density at radius 1 is 1.25 bits per heavy atom. The highest BCUT2D eigenvalue weighted by molar-refractivity contribution is 5.98. The molecule has 1 aromatic rings. The summed E-state index contributed by atoms with van der Waals surface area (Å²) in [5, 5.41) is 5.89. The lowest BCUT2D eigenvalue weighted by molar-refractivity contribution is -0.117. The van der Waals surface area contributed by atoms with Gasteiger partial charge >= 0.3 is 0 Å². The fourth-order valence-corrected chi connectivity index (χ4v) is 3.23. The summed E-state index contributed by atoms with van der Waals surface area (Å²) in [6, 6.07) is 7.17. The van der Waals surface area contributed by atoms with Gasteiger partial charge in [-0.25, -0.2) is 0 Å². The molecule has 1 fully saturated rings. The first-order valence-corrected chi connectivity index (χ1v) is 9.00. The molecule has 0 saturated heterocycles. The van der Waals surface area contributed by atoms with Crippen molar-refractivity contribution in [2.24, 2.45) is 11.8 Å². The Balaban J connectivity index is 1.50. The summed E-state index contributed by atoms with van der Waals surface area (Å²) in [5.41, 5.74) is 2.75. The highest BCUT2D eigenvalue weighted by atomic mass is 16.2. The van der Waals surface area contributed by atoms with Crippen molar-refractivity contribution in [1.29, 1.82) is 0 Å². The Morgan fingerprint density at radius 3 is 2.79 bits per heavy atom. The number of carbonyl (C=O) groups excluding carboxylic acids is 2. The lowest BCUT2D eigenvalue weighted by Crippen LogP contribution is -2.25. The van der Waals surface area contributed by atoms with Crippen molar-refractivity contribution in [3.05, 3.63) is 41.5 Å². The molecule has 2 N–H and O–H groups in total. The molecular weight excluding hydrogens is 300 g/mol. The highest BCUT2D eigenvalue weighted by Gasteiger charge is 2.39. The number of rotatable bonds is 6. The van der Waals surface area contributed by atoms with Crippen LogP contribution >= 0.6 is 0 Å². The molecule has 3 rings (SSSR count). The zero-order valence-electron chi connectivity index (χ0n) is 14.3. The second-order valence-corrected chi connectivity index (χ2v) is 7.00. The minimum Gasteiger partial charge on any atom is -0.352 e. The Hall–Kier alpha value is -2.10. The Morgan fingerprint density at radius 2 is 2.08 bits per heavy atom. The zero-order chi connectivity index (χ0) is 16.9. The maximum absolute atomic E-state index is 12.3. The molecule has 4 heteroatoms. The molecule has 0 spiro atoms. The van der Waals surface area contributed by atoms with Crippen LogP contribution in [-0.4, -0.2) is 18.4 Å². The first kappa shape index (κ1) is 16.7. The van der Waals surface area contributed by atoms with E-state index in [1.807, 2.05) is 12.1 Å². The average Bonchev–Trinajstić information content (AvgIpc) is 3.33. The normalized spacial score (nSPS) is 22.5. The van der Waals surface area contributed by atoms with Crippen LogP contribution in [0, 0.1) is 11.8 Å². The number of nitrogens with one attached hydrogen (secondary N) is 2. The van der Waals surface area contributed by atoms with Gasteiger partial charge in [0.1, 0.15) is 0 Å². The molecule has 24 heavy (non-hydrogen) atoms. The molecule has 1 aromatic carbocycles. The van der Waals surface area contributed by atoms with Gasteiger partial charge in [-0.2, -0.15) is 0 Å². The molecule has 2 amide bonds. The van der Waals surface area contributed by atoms with Crippen molar-refractivity contribution in [1.82, 2.24) is 5.32 Å². The number of allylic oxidation sites excluding steroid dienone is 1. The van der Waals surface area contributed by atoms with E-state index in [1.54, 1.807) is 12.1 Å². The molecule has 0 heterocycles. The molecule has 2 atom stereocenters. The smallest absolute Gasteiger partial charge is 0.251 e. The van der Waals surface area contributed by atoms with Gasteiger partial charge in [0.15, 0.2) is 0 Å². The fraction of sp³-hybridized carbons (Fsp3) is 0.500. The van der Waals surface area contributed by atoms with Gasteiger partial charge in [-0.05, 0) is 62.6 Å². The van der Waals surface area contributed by atoms with E-state index in [-0.39, 0.29) is 17.7 Å². The van der Waals surface area contributed by atoms with E-state index in [0.29, 0.717) is 23.7 Å². The summed E-state index contributed by atoms with van der Waals surface area (Å²) in [6.45, 7) is 2.75. The molecule has 0 radical (unpaired) electrons. The monoisotopic (exact) mass is 326 g/mol. The first-order valence-electron chi connectivity index (χ1n) is 9.00. The van der Waals surface area contributed by atoms with Crippen molar-refractivity contribution in [3.8, 4) is 0 Å². The van der Waals surface area contributed by atoms with E-state index in [9.17, 15) is 9.59 Å². The van der Waals surface area contributed by atoms with Gasteiger partial charge < -0.3 is 10.6 Å². The summed E-state index contributed by atoms with van der Waals surface area (Å²) in [5.74, 6) is 0.586. The van der Waals surface area contributed by atoms with Gasteiger partial charge in [0.25, 0.3) is 5.91 Å². The molecule has 128 valence electrons. The Kier molecular flexibility index (Phi) is 5.34. The van der Waals surface area contributed by atoms with Crippen molar-refractivity contribution >= 4 is 17.5 Å². The topological polar surface area (TPSA) is 58.2 Å². The van der Waals surface area contributed by atoms with Crippen LogP contribution in [0.2, 0.25) is 0 Å². The van der Waals surface area contributed by atoms with Crippen LogP contribution in [-0.2, 0) is 4.79 Å². The fourth-order valence-electron chi connectivity index (χ4n) is 3.23. The van der Waals surface area contributed by atoms with Gasteiger partial charge in [-0.3, -0.25) is 9.59 Å². The van der Waals surface area contributed by atoms with Crippen LogP contribution < -0.4 is 10.6 Å². The largest absolute Gasteiger partial charge is 0.352 e. The molecule has 0 bridgehead atoms. The van der Waals surface area contributed by atoms with Gasteiger partial charge in [0, 0.05) is 23.7 Å². The van der Waals surface area contributed by atoms with Gasteiger partial charge in [0.05, 0.1) is 0 Å². The van der Waals surface area contributed by atoms with Crippen LogP contribution in [0.25, 0.3) is 0 Å². The SMILES string of the molecule is CC1CC1C(=O)Nc1cccc(C(=O)NCCC2=CCCCC2)c1. The predicted molar refractivity (Wildman–Crippen MR) is 95.8 cm³/mol. The molecule has 0 aliphatic heterocycles. The van der Waals surface area contributed by atoms with E-state index in [1.165, 1.54) is 24.8 Å². The van der Waals surface area contributed by atoms with Crippen molar-refractivity contribution in [2.75, 3.05) is 11.9 Å². The molecule has 2 unspecified atom stereocenters. The predicted octanol–water partition coefficient (Wildman–Crippen LogP) is 3.90. The lowest BCUT2D eigenvalue weighted by atomic mass is 9.97. The number of benzene rings is 1. The maximum Gasteiger partial charge on any atom is 0.251 e. The van der Waals surface area contributed by atoms with E-state index in [2.05, 4.69) is 23.6 Å². The van der Waals surface area contributed by atoms with Crippen LogP contribution in [0.1, 0.15) is 55.8 Å². The molecular formula is C20H26N2O2. The van der Waals surface area contributed by atoms with Crippen LogP contribution in [0.4, 0.5) is 5.69 Å². The van der Waals surface area contributed by atoms with Crippen LogP contribution in [0.15, 0.2) is 35.9 Å². The molecule has 2 aliphatic rings. The summed E-state index contributed by atoms with van der Waals surface area (Å²) in [7, 11) is 0. The third kappa shape index (κ3) is 4.47. The summed E-state index contributed by atoms with van der Waals surface area (Å²) in [6.07, 6.45) is 9.09. The van der Waals surface area contributed by atoms with Crippen molar-refractivity contribution in [2.45, 2.75) is 45.4 Å². The van der Waals surface area contributed by atoms with E-state index in [4.69, 9.17) is 0 Å². The average molecular weight is 326 g/mol. The summed E-state index contributed by atoms with van der Waals surface area (Å²) in [4.78, 5) is 24.3. The number of hydrogen-bond donors (Lipinski definition) is 2. The number of carbonyl (C=O) groups is 2. The third-order valence-corrected chi connectivity index (χ3v) is 4.96. The minimum atomic E-state index is -0.0812.